The van der Waals surface area contributed by atoms with Gasteiger partial charge in [0.1, 0.15) is 11.5 Å². The molecule has 0 saturated heterocycles. The third-order valence-corrected chi connectivity index (χ3v) is 9.72. The normalized spacial score (nSPS) is 10.8. The van der Waals surface area contributed by atoms with E-state index in [1.807, 2.05) is 12.1 Å². The number of unbranched alkanes of at least 4 members (excludes halogenated alkanes) is 2. The van der Waals surface area contributed by atoms with E-state index in [0.29, 0.717) is 0 Å². The zero-order chi connectivity index (χ0) is 41.3. The molecular formula is C51H70O4S. The lowest BCUT2D eigenvalue weighted by atomic mass is 9.96. The number of hydrogen-bond donors (Lipinski definition) is 1. The summed E-state index contributed by atoms with van der Waals surface area (Å²) >= 11 is 3.53. The molecule has 0 radical (unpaired) electrons. The molecule has 0 unspecified atom stereocenters. The van der Waals surface area contributed by atoms with Crippen LogP contribution in [0, 0.1) is 0 Å². The molecule has 4 nitrogen and oxygen atoms in total. The van der Waals surface area contributed by atoms with Crippen molar-refractivity contribution in [2.45, 2.75) is 106 Å². The molecule has 0 aliphatic heterocycles. The fourth-order valence-corrected chi connectivity index (χ4v) is 6.60. The molecule has 0 aliphatic rings. The standard InChI is InChI=1S/C36H46O2.C14H20O2.CH4S/c1-7-11-13-33-31(9-3)23-29(25-35(33)37-5)21-19-27-15-17-28(18-16-27)20-22-30-24-32(10-4)34(14-12-8-2)36(26-30)38-6;1-5-8-16-14-12(7-3)9-11(6-2)10-13(14)15-4;1-2/h15-26H,7-14H2,1-6H3;6,9-10H,2,5,7-8H2,1,3-4H3;2H,1H3/b21-19+,22-20+;;. The molecule has 0 atom stereocenters. The molecule has 0 heterocycles. The van der Waals surface area contributed by atoms with Gasteiger partial charge in [-0.1, -0.05) is 128 Å². The lowest BCUT2D eigenvalue weighted by molar-refractivity contribution is 0.291. The lowest BCUT2D eigenvalue weighted by Crippen LogP contribution is -2.01. The van der Waals surface area contributed by atoms with Crippen molar-refractivity contribution >= 4 is 43.0 Å². The quantitative estimate of drug-likeness (QED) is 0.0716. The van der Waals surface area contributed by atoms with Crippen LogP contribution in [0.4, 0.5) is 0 Å². The van der Waals surface area contributed by atoms with Crippen molar-refractivity contribution in [2.24, 2.45) is 0 Å². The Kier molecular flexibility index (Phi) is 23.3. The van der Waals surface area contributed by atoms with Crippen LogP contribution in [-0.2, 0) is 32.1 Å². The van der Waals surface area contributed by atoms with Crippen molar-refractivity contribution in [3.05, 3.63) is 123 Å². The molecule has 4 aromatic carbocycles. The third-order valence-electron chi connectivity index (χ3n) is 9.72. The summed E-state index contributed by atoms with van der Waals surface area (Å²) in [4.78, 5) is 0. The SMILES string of the molecule is C=Cc1cc(CC)c(OCCC)c(OC)c1.CCCCc1c(CC)cc(/C=C/c2ccc(/C=C/c3cc(CC)c(CCCC)c(OC)c3)cc2)cc1OC.CS. The summed E-state index contributed by atoms with van der Waals surface area (Å²) in [6.07, 6.45) is 23.2. The number of ether oxygens (including phenoxy) is 4. The lowest BCUT2D eigenvalue weighted by Gasteiger charge is -2.15. The minimum atomic E-state index is 0.719. The summed E-state index contributed by atoms with van der Waals surface area (Å²) in [6, 6.07) is 21.7. The van der Waals surface area contributed by atoms with Gasteiger partial charge >= 0.3 is 0 Å². The van der Waals surface area contributed by atoms with Gasteiger partial charge in [-0.2, -0.15) is 12.6 Å². The van der Waals surface area contributed by atoms with E-state index < -0.39 is 0 Å². The number of thiol groups is 1. The van der Waals surface area contributed by atoms with E-state index >= 15 is 0 Å². The predicted molar refractivity (Wildman–Crippen MR) is 249 cm³/mol. The van der Waals surface area contributed by atoms with Crippen molar-refractivity contribution < 1.29 is 18.9 Å². The first-order valence-electron chi connectivity index (χ1n) is 20.6. The zero-order valence-electron chi connectivity index (χ0n) is 36.2. The van der Waals surface area contributed by atoms with Gasteiger partial charge in [-0.05, 0) is 138 Å². The highest BCUT2D eigenvalue weighted by Gasteiger charge is 2.12. The van der Waals surface area contributed by atoms with E-state index in [-0.39, 0.29) is 0 Å². The van der Waals surface area contributed by atoms with E-state index in [1.54, 1.807) is 27.6 Å². The molecule has 0 amide bonds. The van der Waals surface area contributed by atoms with Crippen molar-refractivity contribution in [1.29, 1.82) is 0 Å². The monoisotopic (exact) mass is 778 g/mol. The van der Waals surface area contributed by atoms with E-state index in [1.165, 1.54) is 75.8 Å². The Balaban J connectivity index is 0.000000502. The Morgan fingerprint density at radius 2 is 0.893 bits per heavy atom. The molecule has 0 bridgehead atoms. The van der Waals surface area contributed by atoms with Crippen LogP contribution in [0.1, 0.15) is 129 Å². The fraction of sp³-hybridized carbons (Fsp3) is 0.412. The number of methoxy groups -OCH3 is 3. The van der Waals surface area contributed by atoms with Gasteiger partial charge in [0, 0.05) is 0 Å². The van der Waals surface area contributed by atoms with Crippen LogP contribution >= 0.6 is 12.6 Å². The van der Waals surface area contributed by atoms with Gasteiger partial charge in [0.15, 0.2) is 11.5 Å². The summed E-state index contributed by atoms with van der Waals surface area (Å²) < 4.78 is 22.6. The summed E-state index contributed by atoms with van der Waals surface area (Å²) in [5.74, 6) is 3.69. The fourth-order valence-electron chi connectivity index (χ4n) is 6.60. The summed E-state index contributed by atoms with van der Waals surface area (Å²) in [5, 5.41) is 0. The zero-order valence-corrected chi connectivity index (χ0v) is 37.1. The van der Waals surface area contributed by atoms with Gasteiger partial charge in [0.05, 0.1) is 27.9 Å². The molecule has 0 spiro atoms. The Hall–Kier alpha value is -4.35. The van der Waals surface area contributed by atoms with E-state index in [4.69, 9.17) is 18.9 Å². The van der Waals surface area contributed by atoms with E-state index in [0.717, 1.165) is 73.7 Å². The molecular weight excluding hydrogens is 709 g/mol. The number of aryl methyl sites for hydroxylation is 3. The third kappa shape index (κ3) is 14.6. The maximum absolute atomic E-state index is 5.76. The van der Waals surface area contributed by atoms with Gasteiger partial charge in [-0.15, -0.1) is 0 Å². The average molecular weight is 779 g/mol. The van der Waals surface area contributed by atoms with Gasteiger partial charge < -0.3 is 18.9 Å². The number of hydrogen-bond acceptors (Lipinski definition) is 5. The highest BCUT2D eigenvalue weighted by molar-refractivity contribution is 7.79. The van der Waals surface area contributed by atoms with Crippen molar-refractivity contribution in [1.82, 2.24) is 0 Å². The first-order chi connectivity index (χ1) is 27.3. The molecule has 0 N–H and O–H groups in total. The minimum Gasteiger partial charge on any atom is -0.496 e. The van der Waals surface area contributed by atoms with Crippen LogP contribution in [0.25, 0.3) is 30.4 Å². The number of rotatable bonds is 20. The molecule has 0 saturated carbocycles. The van der Waals surface area contributed by atoms with Crippen LogP contribution in [0.15, 0.2) is 67.2 Å². The summed E-state index contributed by atoms with van der Waals surface area (Å²) in [7, 11) is 5.23. The van der Waals surface area contributed by atoms with Crippen molar-refractivity contribution in [3.63, 3.8) is 0 Å². The Labute approximate surface area is 346 Å². The summed E-state index contributed by atoms with van der Waals surface area (Å²) in [6.45, 7) is 17.6. The molecule has 0 aromatic heterocycles. The Morgan fingerprint density at radius 1 is 0.500 bits per heavy atom. The smallest absolute Gasteiger partial charge is 0.164 e. The van der Waals surface area contributed by atoms with Crippen molar-refractivity contribution in [3.8, 4) is 23.0 Å². The van der Waals surface area contributed by atoms with Gasteiger partial charge in [-0.25, -0.2) is 0 Å². The van der Waals surface area contributed by atoms with Crippen LogP contribution < -0.4 is 18.9 Å². The maximum atomic E-state index is 5.76. The molecule has 4 rings (SSSR count). The molecule has 304 valence electrons. The first-order valence-corrected chi connectivity index (χ1v) is 21.5. The van der Waals surface area contributed by atoms with Gasteiger partial charge in [0.25, 0.3) is 0 Å². The second-order valence-electron chi connectivity index (χ2n) is 13.6. The predicted octanol–water partition coefficient (Wildman–Crippen LogP) is 14.1. The van der Waals surface area contributed by atoms with Crippen LogP contribution in [0.2, 0.25) is 0 Å². The largest absolute Gasteiger partial charge is 0.496 e. The van der Waals surface area contributed by atoms with Crippen LogP contribution in [0.3, 0.4) is 0 Å². The molecule has 4 aromatic rings. The van der Waals surface area contributed by atoms with Crippen LogP contribution in [-0.4, -0.2) is 34.2 Å². The first kappa shape index (κ1) is 47.8. The molecule has 5 heteroatoms. The van der Waals surface area contributed by atoms with Crippen LogP contribution in [0.5, 0.6) is 23.0 Å². The Morgan fingerprint density at radius 3 is 1.25 bits per heavy atom. The van der Waals surface area contributed by atoms with Gasteiger partial charge in [-0.3, -0.25) is 0 Å². The highest BCUT2D eigenvalue weighted by Crippen LogP contribution is 2.34. The second-order valence-corrected chi connectivity index (χ2v) is 13.6. The minimum absolute atomic E-state index is 0.719. The summed E-state index contributed by atoms with van der Waals surface area (Å²) in [5.41, 5.74) is 12.5. The average Bonchev–Trinajstić information content (AvgIpc) is 3.25. The molecule has 0 fully saturated rings. The second kappa shape index (κ2) is 27.3. The van der Waals surface area contributed by atoms with E-state index in [9.17, 15) is 0 Å². The maximum Gasteiger partial charge on any atom is 0.164 e. The topological polar surface area (TPSA) is 36.9 Å². The van der Waals surface area contributed by atoms with E-state index in [2.05, 4.69) is 140 Å². The highest BCUT2D eigenvalue weighted by atomic mass is 32.1. The number of benzene rings is 4. The van der Waals surface area contributed by atoms with Gasteiger partial charge in [0.2, 0.25) is 0 Å². The molecule has 56 heavy (non-hydrogen) atoms. The van der Waals surface area contributed by atoms with Crippen molar-refractivity contribution in [2.75, 3.05) is 34.2 Å². The molecule has 0 aliphatic carbocycles. The Bertz CT molecular complexity index is 1630.